The molecule has 2 aliphatic rings. The maximum Gasteiger partial charge on any atom is 0.319 e. The van der Waals surface area contributed by atoms with Crippen molar-refractivity contribution in [3.8, 4) is 5.75 Å². The first-order valence-corrected chi connectivity index (χ1v) is 7.34. The van der Waals surface area contributed by atoms with Crippen LogP contribution >= 0.6 is 0 Å². The van der Waals surface area contributed by atoms with Crippen molar-refractivity contribution in [2.24, 2.45) is 5.92 Å². The van der Waals surface area contributed by atoms with Crippen LogP contribution < -0.4 is 10.6 Å². The lowest BCUT2D eigenvalue weighted by Gasteiger charge is -2.25. The van der Waals surface area contributed by atoms with Crippen LogP contribution in [0.5, 0.6) is 5.75 Å². The number of carbonyl (C=O) groups is 2. The number of hydrogen-bond acceptors (Lipinski definition) is 3. The molecule has 3 amide bonds. The smallest absolute Gasteiger partial charge is 0.319 e. The second-order valence-electron chi connectivity index (χ2n) is 6.09. The van der Waals surface area contributed by atoms with Gasteiger partial charge in [-0.1, -0.05) is 26.0 Å². The highest BCUT2D eigenvalue weighted by Crippen LogP contribution is 2.33. The molecule has 2 aliphatic heterocycles. The van der Waals surface area contributed by atoms with E-state index in [1.54, 1.807) is 29.2 Å². The van der Waals surface area contributed by atoms with Gasteiger partial charge in [-0.15, -0.1) is 0 Å². The van der Waals surface area contributed by atoms with E-state index in [4.69, 9.17) is 0 Å². The number of carbonyl (C=O) groups excluding carboxylic acids is 2. The summed E-state index contributed by atoms with van der Waals surface area (Å²) in [6, 6.07) is 5.75. The van der Waals surface area contributed by atoms with Gasteiger partial charge in [0.2, 0.25) is 0 Å². The fourth-order valence-electron chi connectivity index (χ4n) is 2.93. The van der Waals surface area contributed by atoms with Crippen LogP contribution in [0, 0.1) is 5.92 Å². The highest BCUT2D eigenvalue weighted by atomic mass is 16.3. The van der Waals surface area contributed by atoms with Crippen LogP contribution in [0.4, 0.5) is 4.79 Å². The number of phenols is 1. The maximum atomic E-state index is 12.7. The van der Waals surface area contributed by atoms with Crippen molar-refractivity contribution in [2.45, 2.75) is 19.9 Å². The summed E-state index contributed by atoms with van der Waals surface area (Å²) in [6.45, 7) is 5.20. The number of urea groups is 1. The molecule has 0 unspecified atom stereocenters. The monoisotopic (exact) mass is 301 g/mol. The van der Waals surface area contributed by atoms with Crippen LogP contribution in [0.15, 0.2) is 35.5 Å². The molecular formula is C16H19N3O3. The van der Waals surface area contributed by atoms with Gasteiger partial charge in [-0.25, -0.2) is 4.79 Å². The van der Waals surface area contributed by atoms with E-state index < -0.39 is 6.04 Å². The lowest BCUT2D eigenvalue weighted by atomic mass is 9.96. The summed E-state index contributed by atoms with van der Waals surface area (Å²) in [5.74, 6) is 0.466. The van der Waals surface area contributed by atoms with Crippen molar-refractivity contribution in [3.63, 3.8) is 0 Å². The van der Waals surface area contributed by atoms with Crippen molar-refractivity contribution in [2.75, 3.05) is 13.1 Å². The number of benzene rings is 1. The first kappa shape index (κ1) is 14.4. The zero-order valence-corrected chi connectivity index (χ0v) is 12.6. The van der Waals surface area contributed by atoms with E-state index in [0.717, 1.165) is 5.56 Å². The Morgan fingerprint density at radius 2 is 1.95 bits per heavy atom. The Morgan fingerprint density at radius 1 is 1.27 bits per heavy atom. The van der Waals surface area contributed by atoms with E-state index in [-0.39, 0.29) is 17.7 Å². The Hall–Kier alpha value is -2.50. The molecule has 0 aliphatic carbocycles. The molecule has 6 nitrogen and oxygen atoms in total. The molecule has 6 heteroatoms. The third-order valence-electron chi connectivity index (χ3n) is 3.83. The molecule has 1 aromatic rings. The van der Waals surface area contributed by atoms with Crippen LogP contribution in [-0.4, -0.2) is 35.0 Å². The standard InChI is InChI=1S/C16H19N3O3/c1-9(2)7-19-8-12-13(15(19)21)14(18-16(22)17-12)10-3-5-11(20)6-4-10/h3-6,9,14,20H,7-8H2,1-2H3,(H2,17,18,22)/t14-/m0/s1. The number of rotatable bonds is 3. The predicted molar refractivity (Wildman–Crippen MR) is 81.0 cm³/mol. The number of nitrogens with one attached hydrogen (secondary N) is 2. The van der Waals surface area contributed by atoms with Gasteiger partial charge in [-0.05, 0) is 23.6 Å². The summed E-state index contributed by atoms with van der Waals surface area (Å²) in [4.78, 5) is 26.3. The molecule has 2 heterocycles. The Balaban J connectivity index is 1.94. The summed E-state index contributed by atoms with van der Waals surface area (Å²) < 4.78 is 0. The Labute approximate surface area is 128 Å². The van der Waals surface area contributed by atoms with Crippen LogP contribution in [0.2, 0.25) is 0 Å². The van der Waals surface area contributed by atoms with Crippen LogP contribution in [0.25, 0.3) is 0 Å². The molecule has 3 rings (SSSR count). The minimum absolute atomic E-state index is 0.0470. The number of amides is 3. The Morgan fingerprint density at radius 3 is 2.59 bits per heavy atom. The molecule has 0 radical (unpaired) electrons. The zero-order chi connectivity index (χ0) is 15.9. The van der Waals surface area contributed by atoms with Crippen LogP contribution in [-0.2, 0) is 4.79 Å². The average molecular weight is 301 g/mol. The summed E-state index contributed by atoms with van der Waals surface area (Å²) in [5.41, 5.74) is 2.04. The number of hydrogen-bond donors (Lipinski definition) is 3. The third kappa shape index (κ3) is 2.52. The van der Waals surface area contributed by atoms with E-state index >= 15 is 0 Å². The molecule has 0 aromatic heterocycles. The highest BCUT2D eigenvalue weighted by Gasteiger charge is 2.40. The lowest BCUT2D eigenvalue weighted by molar-refractivity contribution is -0.126. The van der Waals surface area contributed by atoms with E-state index in [1.165, 1.54) is 0 Å². The quantitative estimate of drug-likeness (QED) is 0.791. The molecule has 22 heavy (non-hydrogen) atoms. The van der Waals surface area contributed by atoms with Crippen molar-refractivity contribution in [1.29, 1.82) is 0 Å². The molecule has 0 saturated carbocycles. The Bertz CT molecular complexity index is 649. The van der Waals surface area contributed by atoms with E-state index in [1.807, 2.05) is 0 Å². The number of aromatic hydroxyl groups is 1. The average Bonchev–Trinajstić information content (AvgIpc) is 2.74. The largest absolute Gasteiger partial charge is 0.508 e. The molecule has 1 aromatic carbocycles. The molecule has 116 valence electrons. The second kappa shape index (κ2) is 5.36. The van der Waals surface area contributed by atoms with Crippen LogP contribution in [0.3, 0.4) is 0 Å². The summed E-state index contributed by atoms with van der Waals surface area (Å²) in [6.07, 6.45) is 0. The van der Waals surface area contributed by atoms with Gasteiger partial charge in [0.1, 0.15) is 5.75 Å². The van der Waals surface area contributed by atoms with E-state index in [0.29, 0.717) is 30.3 Å². The van der Waals surface area contributed by atoms with Gasteiger partial charge in [0.15, 0.2) is 0 Å². The van der Waals surface area contributed by atoms with Gasteiger partial charge < -0.3 is 20.6 Å². The van der Waals surface area contributed by atoms with Crippen molar-refractivity contribution < 1.29 is 14.7 Å². The number of phenolic OH excluding ortho intramolecular Hbond substituents is 1. The molecule has 0 fully saturated rings. The second-order valence-corrected chi connectivity index (χ2v) is 6.09. The van der Waals surface area contributed by atoms with Crippen LogP contribution in [0.1, 0.15) is 25.5 Å². The third-order valence-corrected chi connectivity index (χ3v) is 3.83. The van der Waals surface area contributed by atoms with Crippen molar-refractivity contribution >= 4 is 11.9 Å². The SMILES string of the molecule is CC(C)CN1CC2=C(C1=O)[C@H](c1ccc(O)cc1)NC(=O)N2. The number of nitrogens with zero attached hydrogens (tertiary/aromatic N) is 1. The molecule has 0 bridgehead atoms. The Kier molecular flexibility index (Phi) is 3.52. The maximum absolute atomic E-state index is 12.7. The summed E-state index contributed by atoms with van der Waals surface area (Å²) >= 11 is 0. The molecule has 0 saturated heterocycles. The van der Waals surface area contributed by atoms with E-state index in [2.05, 4.69) is 24.5 Å². The topological polar surface area (TPSA) is 81.7 Å². The minimum Gasteiger partial charge on any atom is -0.508 e. The summed E-state index contributed by atoms with van der Waals surface area (Å²) in [7, 11) is 0. The molecule has 0 spiro atoms. The molecule has 1 atom stereocenters. The lowest BCUT2D eigenvalue weighted by Crippen LogP contribution is -2.44. The fraction of sp³-hybridized carbons (Fsp3) is 0.375. The normalized spacial score (nSPS) is 21.0. The first-order chi connectivity index (χ1) is 10.5. The van der Waals surface area contributed by atoms with Gasteiger partial charge in [-0.3, -0.25) is 4.79 Å². The van der Waals surface area contributed by atoms with Gasteiger partial charge in [0.25, 0.3) is 5.91 Å². The van der Waals surface area contributed by atoms with Crippen molar-refractivity contribution in [3.05, 3.63) is 41.1 Å². The van der Waals surface area contributed by atoms with E-state index in [9.17, 15) is 14.7 Å². The molecular weight excluding hydrogens is 282 g/mol. The zero-order valence-electron chi connectivity index (χ0n) is 12.6. The van der Waals surface area contributed by atoms with Gasteiger partial charge >= 0.3 is 6.03 Å². The minimum atomic E-state index is -0.478. The fourth-order valence-corrected chi connectivity index (χ4v) is 2.93. The van der Waals surface area contributed by atoms with Gasteiger partial charge in [-0.2, -0.15) is 0 Å². The summed E-state index contributed by atoms with van der Waals surface area (Å²) in [5, 5.41) is 14.9. The highest BCUT2D eigenvalue weighted by molar-refractivity contribution is 6.01. The van der Waals surface area contributed by atoms with Crippen molar-refractivity contribution in [1.82, 2.24) is 15.5 Å². The first-order valence-electron chi connectivity index (χ1n) is 7.34. The predicted octanol–water partition coefficient (Wildman–Crippen LogP) is 1.50. The molecule has 3 N–H and O–H groups in total. The van der Waals surface area contributed by atoms with Gasteiger partial charge in [0.05, 0.1) is 23.9 Å². The van der Waals surface area contributed by atoms with Gasteiger partial charge in [0, 0.05) is 6.54 Å².